The molecule has 1 aliphatic heterocycles. The molecular weight excluding hydrogens is 278 g/mol. The van der Waals surface area contributed by atoms with Crippen molar-refractivity contribution in [3.8, 4) is 0 Å². The van der Waals surface area contributed by atoms with Gasteiger partial charge >= 0.3 is 0 Å². The van der Waals surface area contributed by atoms with Crippen LogP contribution in [0.1, 0.15) is 11.3 Å². The van der Waals surface area contributed by atoms with Gasteiger partial charge in [0.05, 0.1) is 11.3 Å². The fourth-order valence-electron chi connectivity index (χ4n) is 2.86. The summed E-state index contributed by atoms with van der Waals surface area (Å²) >= 11 is 0. The zero-order valence-corrected chi connectivity index (χ0v) is 11.7. The van der Waals surface area contributed by atoms with Gasteiger partial charge in [-0.2, -0.15) is 0 Å². The number of hydrogen-bond donors (Lipinski definition) is 3. The number of aromatic amines is 1. The third kappa shape index (κ3) is 1.87. The minimum atomic E-state index is -0.251. The predicted octanol–water partition coefficient (Wildman–Crippen LogP) is 2.36. The molecule has 0 bridgehead atoms. The molecule has 3 N–H and O–H groups in total. The Hall–Kier alpha value is -3.08. The van der Waals surface area contributed by atoms with Gasteiger partial charge in [-0.1, -0.05) is 36.4 Å². The monoisotopic (exact) mass is 292 g/mol. The number of benzene rings is 2. The van der Waals surface area contributed by atoms with Crippen LogP contribution in [0.5, 0.6) is 0 Å². The fourth-order valence-corrected chi connectivity index (χ4v) is 2.86. The van der Waals surface area contributed by atoms with E-state index in [-0.39, 0.29) is 12.5 Å². The maximum Gasteiger partial charge on any atom is 0.294 e. The Labute approximate surface area is 126 Å². The van der Waals surface area contributed by atoms with Crippen LogP contribution in [0, 0.1) is 0 Å². The summed E-state index contributed by atoms with van der Waals surface area (Å²) in [7, 11) is 0. The van der Waals surface area contributed by atoms with Gasteiger partial charge in [0.15, 0.2) is 0 Å². The molecule has 0 radical (unpaired) electrons. The number of anilines is 1. The Morgan fingerprint density at radius 2 is 1.73 bits per heavy atom. The van der Waals surface area contributed by atoms with Crippen LogP contribution in [0.15, 0.2) is 54.6 Å². The van der Waals surface area contributed by atoms with Crippen molar-refractivity contribution in [2.24, 2.45) is 0 Å². The quantitative estimate of drug-likeness (QED) is 0.476. The van der Waals surface area contributed by atoms with Crippen molar-refractivity contribution in [2.45, 2.75) is 0 Å². The Bertz CT molecular complexity index is 910. The number of hydrogen-bond acceptors (Lipinski definition) is 2. The number of carbonyl (C=O) groups excluding carboxylic acids is 1. The number of carbonyl (C=O) groups is 1. The van der Waals surface area contributed by atoms with Crippen LogP contribution in [0.3, 0.4) is 0 Å². The average molecular weight is 292 g/mol. The Balaban J connectivity index is 2.06. The fraction of sp³-hybridized carbons (Fsp3) is 0.0588. The largest absolute Gasteiger partial charge is 0.348 e. The van der Waals surface area contributed by atoms with Gasteiger partial charge in [0, 0.05) is 10.9 Å². The van der Waals surface area contributed by atoms with E-state index < -0.39 is 0 Å². The molecule has 0 aliphatic carbocycles. The smallest absolute Gasteiger partial charge is 0.294 e. The van der Waals surface area contributed by atoms with Crippen LogP contribution in [0.25, 0.3) is 10.9 Å². The number of amides is 1. The number of nitrogens with one attached hydrogen (secondary N) is 2. The van der Waals surface area contributed by atoms with E-state index in [1.165, 1.54) is 0 Å². The molecule has 4 rings (SSSR count). The van der Waals surface area contributed by atoms with Crippen LogP contribution in [0.4, 0.5) is 5.69 Å². The van der Waals surface area contributed by atoms with Crippen LogP contribution < -0.4 is 5.32 Å². The third-order valence-electron chi connectivity index (χ3n) is 3.81. The number of hydroxylamine groups is 1. The van der Waals surface area contributed by atoms with Gasteiger partial charge in [-0.3, -0.25) is 10.0 Å². The van der Waals surface area contributed by atoms with Gasteiger partial charge in [-0.25, -0.2) is 0 Å². The van der Waals surface area contributed by atoms with E-state index in [4.69, 9.17) is 0 Å². The molecule has 1 amide bonds. The van der Waals surface area contributed by atoms with E-state index in [0.29, 0.717) is 17.1 Å². The van der Waals surface area contributed by atoms with Gasteiger partial charge in [0.2, 0.25) is 0 Å². The molecular formula is C17H14N3O2+. The summed E-state index contributed by atoms with van der Waals surface area (Å²) in [6, 6.07) is 17.3. The number of fused-ring (bicyclic) bond motifs is 3. The molecule has 2 aromatic carbocycles. The maximum absolute atomic E-state index is 12.0. The molecule has 22 heavy (non-hydrogen) atoms. The molecule has 0 atom stereocenters. The Kier molecular flexibility index (Phi) is 2.72. The number of rotatable bonds is 1. The summed E-state index contributed by atoms with van der Waals surface area (Å²) in [5.74, 6) is -0.251. The van der Waals surface area contributed by atoms with Crippen molar-refractivity contribution in [1.82, 2.24) is 4.98 Å². The summed E-state index contributed by atoms with van der Waals surface area (Å²) in [5.41, 5.74) is 3.76. The molecule has 0 fully saturated rings. The van der Waals surface area contributed by atoms with Crippen molar-refractivity contribution >= 4 is 28.2 Å². The van der Waals surface area contributed by atoms with Crippen molar-refractivity contribution in [1.29, 1.82) is 0 Å². The van der Waals surface area contributed by atoms with E-state index >= 15 is 0 Å². The summed E-state index contributed by atoms with van der Waals surface area (Å²) in [6.45, 7) is -0.110. The highest BCUT2D eigenvalue weighted by molar-refractivity contribution is 6.19. The highest BCUT2D eigenvalue weighted by atomic mass is 16.5. The highest BCUT2D eigenvalue weighted by Gasteiger charge is 2.32. The first-order valence-electron chi connectivity index (χ1n) is 7.04. The highest BCUT2D eigenvalue weighted by Crippen LogP contribution is 2.30. The number of aromatic nitrogens is 1. The van der Waals surface area contributed by atoms with E-state index in [1.807, 2.05) is 54.6 Å². The number of nitrogens with zero attached hydrogens (tertiary/aromatic N) is 1. The normalized spacial score (nSPS) is 14.6. The zero-order chi connectivity index (χ0) is 15.1. The topological polar surface area (TPSA) is 68.1 Å². The first-order valence-corrected chi connectivity index (χ1v) is 7.04. The van der Waals surface area contributed by atoms with Crippen molar-refractivity contribution in [2.75, 3.05) is 11.9 Å². The maximum atomic E-state index is 12.0. The molecule has 0 saturated carbocycles. The first kappa shape index (κ1) is 12.6. The van der Waals surface area contributed by atoms with Crippen LogP contribution in [-0.2, 0) is 4.79 Å². The summed E-state index contributed by atoms with van der Waals surface area (Å²) in [6.07, 6.45) is 0. The molecule has 0 spiro atoms. The molecule has 5 heteroatoms. The molecule has 1 aromatic heterocycles. The zero-order valence-electron chi connectivity index (χ0n) is 11.7. The molecule has 0 unspecified atom stereocenters. The standard InChI is InChI=1S/C17H13N3O2/c21-14-10-20(22)17(11-6-2-1-3-7-11)16-15(19-14)12-8-4-5-9-13(12)18-16/h1-9,22H,10H2,(H,18,19,21)/p+1. The second-order valence-corrected chi connectivity index (χ2v) is 5.24. The van der Waals surface area contributed by atoms with Crippen molar-refractivity contribution in [3.63, 3.8) is 0 Å². The van der Waals surface area contributed by atoms with Crippen LogP contribution in [0.2, 0.25) is 0 Å². The lowest BCUT2D eigenvalue weighted by atomic mass is 10.1. The second kappa shape index (κ2) is 4.73. The van der Waals surface area contributed by atoms with Gasteiger partial charge in [0.1, 0.15) is 5.69 Å². The molecule has 3 aromatic rings. The van der Waals surface area contributed by atoms with Crippen LogP contribution >= 0.6 is 0 Å². The molecule has 1 aliphatic rings. The lowest BCUT2D eigenvalue weighted by Crippen LogP contribution is -2.26. The van der Waals surface area contributed by atoms with E-state index in [1.54, 1.807) is 0 Å². The van der Waals surface area contributed by atoms with Crippen molar-refractivity contribution in [3.05, 3.63) is 65.9 Å². The van der Waals surface area contributed by atoms with Gasteiger partial charge in [0.25, 0.3) is 18.2 Å². The van der Waals surface area contributed by atoms with Crippen molar-refractivity contribution < 1.29 is 14.7 Å². The van der Waals surface area contributed by atoms with E-state index in [2.05, 4.69) is 10.3 Å². The molecule has 0 saturated heterocycles. The third-order valence-corrected chi connectivity index (χ3v) is 3.81. The summed E-state index contributed by atoms with van der Waals surface area (Å²) in [4.78, 5) is 15.3. The Morgan fingerprint density at radius 1 is 1.00 bits per heavy atom. The number of para-hydroxylation sites is 1. The minimum Gasteiger partial charge on any atom is -0.348 e. The van der Waals surface area contributed by atoms with Crippen LogP contribution in [-0.4, -0.2) is 33.1 Å². The molecule has 2 heterocycles. The lowest BCUT2D eigenvalue weighted by Gasteiger charge is -2.01. The average Bonchev–Trinajstić information content (AvgIpc) is 2.81. The number of H-pyrrole nitrogens is 1. The SMILES string of the molecule is O=C1C[N+](O)=C(c2ccccc2)c2[nH]c3ccccc3c2N1. The molecule has 5 nitrogen and oxygen atoms in total. The van der Waals surface area contributed by atoms with Gasteiger partial charge in [-0.15, -0.1) is 0 Å². The van der Waals surface area contributed by atoms with E-state index in [0.717, 1.165) is 21.2 Å². The predicted molar refractivity (Wildman–Crippen MR) is 83.5 cm³/mol. The van der Waals surface area contributed by atoms with Gasteiger partial charge < -0.3 is 10.3 Å². The van der Waals surface area contributed by atoms with Gasteiger partial charge in [-0.05, 0) is 22.9 Å². The second-order valence-electron chi connectivity index (χ2n) is 5.24. The molecule has 108 valence electrons. The first-order chi connectivity index (χ1) is 10.7. The summed E-state index contributed by atoms with van der Waals surface area (Å²) < 4.78 is 0.992. The lowest BCUT2D eigenvalue weighted by molar-refractivity contribution is -0.765. The minimum absolute atomic E-state index is 0.110. The van der Waals surface area contributed by atoms with E-state index in [9.17, 15) is 10.0 Å². The summed E-state index contributed by atoms with van der Waals surface area (Å²) in [5, 5.41) is 14.2. The Morgan fingerprint density at radius 3 is 2.55 bits per heavy atom.